The van der Waals surface area contributed by atoms with E-state index in [1.165, 1.54) is 5.56 Å². The van der Waals surface area contributed by atoms with Crippen LogP contribution in [-0.2, 0) is 31.8 Å². The molecule has 10 heteroatoms. The lowest BCUT2D eigenvalue weighted by atomic mass is 10.1. The number of benzene rings is 1. The zero-order valence-electron chi connectivity index (χ0n) is 17.7. The van der Waals surface area contributed by atoms with Gasteiger partial charge in [-0.05, 0) is 56.6 Å². The van der Waals surface area contributed by atoms with Gasteiger partial charge in [0, 0.05) is 48.9 Å². The first kappa shape index (κ1) is 24.6. The van der Waals surface area contributed by atoms with Crippen LogP contribution in [0.3, 0.4) is 0 Å². The molecular formula is C21H29N3O6S. The van der Waals surface area contributed by atoms with Crippen LogP contribution in [0.4, 0.5) is 0 Å². The summed E-state index contributed by atoms with van der Waals surface area (Å²) in [4.78, 5) is 24.5. The van der Waals surface area contributed by atoms with Gasteiger partial charge in [-0.25, -0.2) is 22.3 Å². The molecule has 1 aromatic carbocycles. The summed E-state index contributed by atoms with van der Waals surface area (Å²) in [6.45, 7) is 2.31. The Morgan fingerprint density at radius 1 is 1.13 bits per heavy atom. The van der Waals surface area contributed by atoms with Crippen LogP contribution in [0.1, 0.15) is 24.0 Å². The number of hydrogen-bond acceptors (Lipinski definition) is 5. The third-order valence-corrected chi connectivity index (χ3v) is 6.69. The van der Waals surface area contributed by atoms with Crippen molar-refractivity contribution in [2.24, 2.45) is 0 Å². The number of aliphatic carboxylic acids is 2. The summed E-state index contributed by atoms with van der Waals surface area (Å²) in [5.41, 5.74) is 3.19. The summed E-state index contributed by atoms with van der Waals surface area (Å²) in [5, 5.41) is 16.8. The van der Waals surface area contributed by atoms with Gasteiger partial charge in [-0.3, -0.25) is 0 Å². The molecule has 3 rings (SSSR count). The Kier molecular flexibility index (Phi) is 8.78. The summed E-state index contributed by atoms with van der Waals surface area (Å²) in [7, 11) is 0.928. The molecule has 0 amide bonds. The molecule has 3 N–H and O–H groups in total. The molecule has 31 heavy (non-hydrogen) atoms. The molecule has 1 aliphatic heterocycles. The highest BCUT2D eigenvalue weighted by atomic mass is 32.2. The lowest BCUT2D eigenvalue weighted by Crippen LogP contribution is -2.29. The number of nitrogens with one attached hydrogen (secondary N) is 1. The van der Waals surface area contributed by atoms with Gasteiger partial charge in [0.2, 0.25) is 10.0 Å². The predicted molar refractivity (Wildman–Crippen MR) is 118 cm³/mol. The zero-order chi connectivity index (χ0) is 23.0. The maximum Gasteiger partial charge on any atom is 0.328 e. The Bertz CT molecular complexity index is 1020. The number of carboxylic acid groups (broad SMARTS) is 2. The second-order valence-electron chi connectivity index (χ2n) is 7.62. The average Bonchev–Trinajstić information content (AvgIpc) is 3.35. The molecule has 0 bridgehead atoms. The van der Waals surface area contributed by atoms with E-state index in [0.29, 0.717) is 25.2 Å². The van der Waals surface area contributed by atoms with Crippen LogP contribution in [0.5, 0.6) is 0 Å². The number of hydrogen-bond donors (Lipinski definition) is 3. The summed E-state index contributed by atoms with van der Waals surface area (Å²) >= 11 is 0. The Hall–Kier alpha value is -2.69. The molecule has 1 saturated heterocycles. The molecule has 2 aromatic rings. The number of aromatic amines is 1. The van der Waals surface area contributed by atoms with Crippen molar-refractivity contribution in [3.63, 3.8) is 0 Å². The highest BCUT2D eigenvalue weighted by Crippen LogP contribution is 2.23. The van der Waals surface area contributed by atoms with Crippen LogP contribution in [0.15, 0.2) is 36.5 Å². The van der Waals surface area contributed by atoms with Crippen LogP contribution in [0.25, 0.3) is 10.9 Å². The largest absolute Gasteiger partial charge is 0.478 e. The molecule has 0 saturated carbocycles. The van der Waals surface area contributed by atoms with Gasteiger partial charge in [0.1, 0.15) is 0 Å². The highest BCUT2D eigenvalue weighted by molar-refractivity contribution is 7.88. The van der Waals surface area contributed by atoms with Crippen LogP contribution >= 0.6 is 0 Å². The lowest BCUT2D eigenvalue weighted by Gasteiger charge is -2.15. The van der Waals surface area contributed by atoms with E-state index in [-0.39, 0.29) is 5.75 Å². The molecule has 1 aliphatic rings. The van der Waals surface area contributed by atoms with Gasteiger partial charge in [-0.2, -0.15) is 0 Å². The Labute approximate surface area is 182 Å². The number of likely N-dealkylation sites (N-methyl/N-ethyl adjacent to an activating group) is 1. The fraction of sp³-hybridized carbons (Fsp3) is 0.429. The molecule has 0 radical (unpaired) electrons. The molecule has 1 fully saturated rings. The van der Waals surface area contributed by atoms with Crippen molar-refractivity contribution >= 4 is 32.9 Å². The number of aromatic nitrogens is 1. The number of nitrogens with zero attached hydrogens (tertiary/aromatic N) is 2. The minimum atomic E-state index is -3.19. The van der Waals surface area contributed by atoms with E-state index in [1.54, 1.807) is 4.31 Å². The number of carbonyl (C=O) groups is 2. The van der Waals surface area contributed by atoms with Gasteiger partial charge in [-0.15, -0.1) is 0 Å². The molecule has 0 unspecified atom stereocenters. The van der Waals surface area contributed by atoms with E-state index in [1.807, 2.05) is 24.4 Å². The van der Waals surface area contributed by atoms with Gasteiger partial charge >= 0.3 is 11.9 Å². The number of rotatable bonds is 8. The van der Waals surface area contributed by atoms with Gasteiger partial charge in [0.05, 0.1) is 5.75 Å². The first-order chi connectivity index (χ1) is 14.6. The number of carboxylic acids is 2. The maximum absolute atomic E-state index is 12.5. The third kappa shape index (κ3) is 7.82. The Morgan fingerprint density at radius 2 is 1.74 bits per heavy atom. The molecule has 170 valence electrons. The van der Waals surface area contributed by atoms with Gasteiger partial charge in [-0.1, -0.05) is 6.07 Å². The molecular weight excluding hydrogens is 422 g/mol. The van der Waals surface area contributed by atoms with Gasteiger partial charge in [0.15, 0.2) is 0 Å². The highest BCUT2D eigenvalue weighted by Gasteiger charge is 2.25. The number of H-pyrrole nitrogens is 1. The summed E-state index contributed by atoms with van der Waals surface area (Å²) < 4.78 is 26.6. The lowest BCUT2D eigenvalue weighted by molar-refractivity contribution is -0.134. The van der Waals surface area contributed by atoms with E-state index in [9.17, 15) is 18.0 Å². The number of sulfonamides is 1. The summed E-state index contributed by atoms with van der Waals surface area (Å²) in [6.07, 6.45) is 6.06. The van der Waals surface area contributed by atoms with Crippen molar-refractivity contribution in [3.8, 4) is 0 Å². The van der Waals surface area contributed by atoms with Crippen molar-refractivity contribution < 1.29 is 28.2 Å². The summed E-state index contributed by atoms with van der Waals surface area (Å²) in [5.74, 6) is -2.42. The fourth-order valence-corrected chi connectivity index (χ4v) is 4.87. The minimum Gasteiger partial charge on any atom is -0.478 e. The maximum atomic E-state index is 12.5. The van der Waals surface area contributed by atoms with E-state index in [0.717, 1.165) is 42.3 Å². The Morgan fingerprint density at radius 3 is 2.29 bits per heavy atom. The van der Waals surface area contributed by atoms with Crippen molar-refractivity contribution in [2.75, 3.05) is 33.7 Å². The van der Waals surface area contributed by atoms with Crippen LogP contribution in [0, 0.1) is 0 Å². The monoisotopic (exact) mass is 451 g/mol. The first-order valence-electron chi connectivity index (χ1n) is 9.94. The van der Waals surface area contributed by atoms with Gasteiger partial charge in [0.25, 0.3) is 0 Å². The standard InChI is InChI=1S/C17H25N3O2S.C4H4O4/c1-19(2)10-7-15-12-18-17-6-5-14(11-16(15)17)13-23(21,22)20-8-3-4-9-20;5-3(6)1-2-4(7)8/h5-6,11-12,18H,3-4,7-10,13H2,1-2H3;1-2H,(H,5,6)(H,7,8)/b;2-1-. The SMILES string of the molecule is CN(C)CCc1c[nH]c2ccc(CS(=O)(=O)N3CCCC3)cc12.O=C(O)/C=C\C(=O)O. The molecule has 1 aromatic heterocycles. The minimum absolute atomic E-state index is 0.0985. The van der Waals surface area contributed by atoms with E-state index < -0.39 is 22.0 Å². The molecule has 0 atom stereocenters. The first-order valence-corrected chi connectivity index (χ1v) is 11.5. The van der Waals surface area contributed by atoms with Crippen LogP contribution in [-0.4, -0.2) is 78.5 Å². The normalized spacial score (nSPS) is 14.8. The van der Waals surface area contributed by atoms with Crippen LogP contribution < -0.4 is 0 Å². The molecule has 0 spiro atoms. The van der Waals surface area contributed by atoms with Crippen molar-refractivity contribution in [3.05, 3.63) is 47.7 Å². The molecule has 9 nitrogen and oxygen atoms in total. The van der Waals surface area contributed by atoms with Crippen LogP contribution in [0.2, 0.25) is 0 Å². The quantitative estimate of drug-likeness (QED) is 0.523. The van der Waals surface area contributed by atoms with Crippen molar-refractivity contribution in [1.82, 2.24) is 14.2 Å². The average molecular weight is 452 g/mol. The van der Waals surface area contributed by atoms with Crippen molar-refractivity contribution in [2.45, 2.75) is 25.0 Å². The zero-order valence-corrected chi connectivity index (χ0v) is 18.6. The third-order valence-electron chi connectivity index (χ3n) is 4.84. The van der Waals surface area contributed by atoms with Gasteiger partial charge < -0.3 is 20.1 Å². The van der Waals surface area contributed by atoms with Crippen molar-refractivity contribution in [1.29, 1.82) is 0 Å². The fourth-order valence-electron chi connectivity index (χ4n) is 3.28. The van der Waals surface area contributed by atoms with E-state index >= 15 is 0 Å². The Balaban J connectivity index is 0.000000366. The predicted octanol–water partition coefficient (Wildman–Crippen LogP) is 1.91. The molecule has 2 heterocycles. The smallest absolute Gasteiger partial charge is 0.328 e. The second-order valence-corrected chi connectivity index (χ2v) is 9.59. The van der Waals surface area contributed by atoms with E-state index in [4.69, 9.17) is 10.2 Å². The topological polar surface area (TPSA) is 131 Å². The molecule has 0 aliphatic carbocycles. The second kappa shape index (κ2) is 11.1. The number of fused-ring (bicyclic) bond motifs is 1. The van der Waals surface area contributed by atoms with E-state index in [2.05, 4.69) is 24.0 Å². The summed E-state index contributed by atoms with van der Waals surface area (Å²) in [6, 6.07) is 5.94.